The van der Waals surface area contributed by atoms with Crippen molar-refractivity contribution in [1.82, 2.24) is 5.32 Å². The minimum atomic E-state index is -0.170. The number of hydrogen-bond donors (Lipinski definition) is 1. The lowest BCUT2D eigenvalue weighted by molar-refractivity contribution is 0.440. The summed E-state index contributed by atoms with van der Waals surface area (Å²) in [6.07, 6.45) is 0. The molecule has 1 aromatic carbocycles. The number of halogens is 2. The summed E-state index contributed by atoms with van der Waals surface area (Å²) in [5.41, 5.74) is 1.17. The summed E-state index contributed by atoms with van der Waals surface area (Å²) in [4.78, 5) is 0. The molecule has 0 saturated carbocycles. The van der Waals surface area contributed by atoms with Crippen LogP contribution < -0.4 is 5.32 Å². The molecule has 1 aromatic rings. The molecule has 14 heavy (non-hydrogen) atoms. The van der Waals surface area contributed by atoms with Gasteiger partial charge in [0.2, 0.25) is 0 Å². The first-order chi connectivity index (χ1) is 6.56. The number of hydrogen-bond acceptors (Lipinski definition) is 1. The van der Waals surface area contributed by atoms with Crippen molar-refractivity contribution < 1.29 is 4.39 Å². The van der Waals surface area contributed by atoms with Crippen LogP contribution in [-0.2, 0) is 0 Å². The van der Waals surface area contributed by atoms with Gasteiger partial charge in [0.1, 0.15) is 5.82 Å². The van der Waals surface area contributed by atoms with Gasteiger partial charge in [0.05, 0.1) is 0 Å². The molecule has 0 fully saturated rings. The molecule has 0 bridgehead atoms. The molecule has 0 aromatic heterocycles. The van der Waals surface area contributed by atoms with Gasteiger partial charge in [-0.1, -0.05) is 19.9 Å². The van der Waals surface area contributed by atoms with E-state index in [1.165, 1.54) is 11.6 Å². The zero-order valence-electron chi connectivity index (χ0n) is 8.64. The van der Waals surface area contributed by atoms with Gasteiger partial charge in [0.15, 0.2) is 0 Å². The average Bonchev–Trinajstić information content (AvgIpc) is 2.09. The molecule has 0 heterocycles. The van der Waals surface area contributed by atoms with Gasteiger partial charge in [-0.2, -0.15) is 0 Å². The van der Waals surface area contributed by atoms with E-state index in [4.69, 9.17) is 0 Å². The van der Waals surface area contributed by atoms with Gasteiger partial charge in [0, 0.05) is 9.61 Å². The van der Waals surface area contributed by atoms with Crippen LogP contribution in [0.15, 0.2) is 18.2 Å². The molecule has 0 amide bonds. The second-order valence-electron chi connectivity index (χ2n) is 3.68. The molecule has 1 nitrogen and oxygen atoms in total. The van der Waals surface area contributed by atoms with Gasteiger partial charge in [-0.05, 0) is 53.3 Å². The van der Waals surface area contributed by atoms with E-state index in [0.717, 1.165) is 3.57 Å². The summed E-state index contributed by atoms with van der Waals surface area (Å²) >= 11 is 2.18. The van der Waals surface area contributed by atoms with E-state index < -0.39 is 0 Å². The van der Waals surface area contributed by atoms with Crippen molar-refractivity contribution in [2.24, 2.45) is 5.92 Å². The van der Waals surface area contributed by atoms with E-state index in [0.29, 0.717) is 12.0 Å². The van der Waals surface area contributed by atoms with Crippen molar-refractivity contribution in [1.29, 1.82) is 0 Å². The second-order valence-corrected chi connectivity index (χ2v) is 4.84. The van der Waals surface area contributed by atoms with Gasteiger partial charge in [-0.15, -0.1) is 0 Å². The number of rotatable bonds is 3. The molecule has 0 radical (unpaired) electrons. The van der Waals surface area contributed by atoms with E-state index in [1.807, 2.05) is 13.1 Å². The van der Waals surface area contributed by atoms with Crippen LogP contribution in [0.3, 0.4) is 0 Å². The Labute approximate surface area is 98.2 Å². The largest absolute Gasteiger partial charge is 0.313 e. The Bertz CT molecular complexity index is 312. The van der Waals surface area contributed by atoms with Gasteiger partial charge in [0.25, 0.3) is 0 Å². The van der Waals surface area contributed by atoms with Crippen LogP contribution in [0.2, 0.25) is 0 Å². The van der Waals surface area contributed by atoms with Crippen molar-refractivity contribution in [2.75, 3.05) is 7.05 Å². The van der Waals surface area contributed by atoms with Crippen LogP contribution in [0.5, 0.6) is 0 Å². The van der Waals surface area contributed by atoms with Crippen LogP contribution >= 0.6 is 22.6 Å². The minimum Gasteiger partial charge on any atom is -0.313 e. The van der Waals surface area contributed by atoms with Gasteiger partial charge >= 0.3 is 0 Å². The predicted molar refractivity (Wildman–Crippen MR) is 65.8 cm³/mol. The fourth-order valence-electron chi connectivity index (χ4n) is 1.60. The molecular weight excluding hydrogens is 292 g/mol. The first kappa shape index (κ1) is 11.9. The summed E-state index contributed by atoms with van der Waals surface area (Å²) < 4.78 is 13.9. The van der Waals surface area contributed by atoms with Crippen LogP contribution in [0.4, 0.5) is 4.39 Å². The smallest absolute Gasteiger partial charge is 0.124 e. The fraction of sp³-hybridized carbons (Fsp3) is 0.455. The van der Waals surface area contributed by atoms with E-state index in [1.54, 1.807) is 6.07 Å². The highest BCUT2D eigenvalue weighted by molar-refractivity contribution is 14.1. The standard InChI is InChI=1S/C11H15FIN/c1-7(2)11(14-3)9-5-4-8(12)6-10(9)13/h4-7,11,14H,1-3H3. The lowest BCUT2D eigenvalue weighted by atomic mass is 9.96. The van der Waals surface area contributed by atoms with Crippen molar-refractivity contribution in [3.63, 3.8) is 0 Å². The van der Waals surface area contributed by atoms with Gasteiger partial charge in [-0.25, -0.2) is 4.39 Å². The van der Waals surface area contributed by atoms with Crippen LogP contribution in [0.1, 0.15) is 25.5 Å². The highest BCUT2D eigenvalue weighted by Crippen LogP contribution is 2.26. The summed E-state index contributed by atoms with van der Waals surface area (Å²) in [6, 6.07) is 5.24. The number of nitrogens with one attached hydrogen (secondary N) is 1. The van der Waals surface area contributed by atoms with Crippen molar-refractivity contribution in [2.45, 2.75) is 19.9 Å². The third-order valence-corrected chi connectivity index (χ3v) is 3.21. The topological polar surface area (TPSA) is 12.0 Å². The maximum atomic E-state index is 12.9. The minimum absolute atomic E-state index is 0.170. The summed E-state index contributed by atoms with van der Waals surface area (Å²) in [6.45, 7) is 4.31. The van der Waals surface area contributed by atoms with Crippen LogP contribution in [0, 0.1) is 15.3 Å². The molecule has 0 spiro atoms. The average molecular weight is 307 g/mol. The molecule has 78 valence electrons. The molecule has 3 heteroatoms. The first-order valence-electron chi connectivity index (χ1n) is 4.68. The first-order valence-corrected chi connectivity index (χ1v) is 5.76. The molecular formula is C11H15FIN. The SMILES string of the molecule is CNC(c1ccc(F)cc1I)C(C)C. The van der Waals surface area contributed by atoms with Crippen molar-refractivity contribution >= 4 is 22.6 Å². The van der Waals surface area contributed by atoms with E-state index in [9.17, 15) is 4.39 Å². The fourth-order valence-corrected chi connectivity index (χ4v) is 2.41. The lowest BCUT2D eigenvalue weighted by Gasteiger charge is -2.21. The van der Waals surface area contributed by atoms with Crippen LogP contribution in [0.25, 0.3) is 0 Å². The summed E-state index contributed by atoms with van der Waals surface area (Å²) in [7, 11) is 1.93. The van der Waals surface area contributed by atoms with Crippen molar-refractivity contribution in [3.8, 4) is 0 Å². The molecule has 0 aliphatic heterocycles. The quantitative estimate of drug-likeness (QED) is 0.845. The Hall–Kier alpha value is -0.160. The summed E-state index contributed by atoms with van der Waals surface area (Å²) in [5, 5.41) is 3.25. The highest BCUT2D eigenvalue weighted by Gasteiger charge is 2.16. The van der Waals surface area contributed by atoms with E-state index >= 15 is 0 Å². The Kier molecular flexibility index (Phi) is 4.31. The normalized spacial score (nSPS) is 13.3. The van der Waals surface area contributed by atoms with Gasteiger partial charge in [-0.3, -0.25) is 0 Å². The monoisotopic (exact) mass is 307 g/mol. The Balaban J connectivity index is 3.04. The third-order valence-electron chi connectivity index (χ3n) is 2.28. The zero-order chi connectivity index (χ0) is 10.7. The Morgan fingerprint density at radius 2 is 2.00 bits per heavy atom. The van der Waals surface area contributed by atoms with E-state index in [-0.39, 0.29) is 5.82 Å². The molecule has 0 aliphatic carbocycles. The molecule has 1 N–H and O–H groups in total. The van der Waals surface area contributed by atoms with Crippen LogP contribution in [-0.4, -0.2) is 7.05 Å². The zero-order valence-corrected chi connectivity index (χ0v) is 10.8. The molecule has 1 atom stereocenters. The Morgan fingerprint density at radius 1 is 1.36 bits per heavy atom. The second kappa shape index (κ2) is 5.07. The number of benzene rings is 1. The molecule has 0 saturated heterocycles. The molecule has 1 rings (SSSR count). The third kappa shape index (κ3) is 2.67. The van der Waals surface area contributed by atoms with Crippen molar-refractivity contribution in [3.05, 3.63) is 33.1 Å². The summed E-state index contributed by atoms with van der Waals surface area (Å²) in [5.74, 6) is 0.329. The Morgan fingerprint density at radius 3 is 2.43 bits per heavy atom. The molecule has 0 aliphatic rings. The highest BCUT2D eigenvalue weighted by atomic mass is 127. The maximum Gasteiger partial charge on any atom is 0.124 e. The lowest BCUT2D eigenvalue weighted by Crippen LogP contribution is -2.22. The van der Waals surface area contributed by atoms with Gasteiger partial charge < -0.3 is 5.32 Å². The predicted octanol–water partition coefficient (Wildman–Crippen LogP) is 3.35. The van der Waals surface area contributed by atoms with E-state index in [2.05, 4.69) is 41.8 Å². The molecule has 1 unspecified atom stereocenters. The maximum absolute atomic E-state index is 12.9.